The molecule has 122 valence electrons. The summed E-state index contributed by atoms with van der Waals surface area (Å²) in [5, 5.41) is 6.78. The van der Waals surface area contributed by atoms with Crippen LogP contribution in [0.25, 0.3) is 16.6 Å². The first-order chi connectivity index (χ1) is 12.3. The third kappa shape index (κ3) is 3.07. The van der Waals surface area contributed by atoms with Crippen LogP contribution in [-0.2, 0) is 0 Å². The Hall–Kier alpha value is -3.25. The zero-order valence-electron chi connectivity index (χ0n) is 13.2. The van der Waals surface area contributed by atoms with E-state index in [2.05, 4.69) is 15.5 Å². The van der Waals surface area contributed by atoms with Gasteiger partial charge < -0.3 is 0 Å². The van der Waals surface area contributed by atoms with Crippen molar-refractivity contribution >= 4 is 34.4 Å². The molecule has 0 aliphatic carbocycles. The van der Waals surface area contributed by atoms with Crippen LogP contribution >= 0.6 is 11.3 Å². The van der Waals surface area contributed by atoms with Crippen LogP contribution in [0.1, 0.15) is 4.88 Å². The summed E-state index contributed by atoms with van der Waals surface area (Å²) in [7, 11) is 0. The number of benzene rings is 2. The van der Waals surface area contributed by atoms with Crippen LogP contribution in [0.4, 0.5) is 5.95 Å². The van der Waals surface area contributed by atoms with Crippen LogP contribution in [-0.4, -0.2) is 15.8 Å². The zero-order chi connectivity index (χ0) is 17.1. The van der Waals surface area contributed by atoms with E-state index in [1.807, 2.05) is 66.0 Å². The van der Waals surface area contributed by atoms with Gasteiger partial charge in [-0.2, -0.15) is 5.10 Å². The van der Waals surface area contributed by atoms with Gasteiger partial charge in [-0.1, -0.05) is 36.4 Å². The van der Waals surface area contributed by atoms with E-state index in [0.29, 0.717) is 16.9 Å². The number of aromatic nitrogens is 2. The minimum absolute atomic E-state index is 0.134. The van der Waals surface area contributed by atoms with Crippen molar-refractivity contribution in [2.45, 2.75) is 0 Å². The van der Waals surface area contributed by atoms with Crippen molar-refractivity contribution in [2.24, 2.45) is 5.10 Å². The minimum atomic E-state index is -0.134. The topological polar surface area (TPSA) is 59.3 Å². The molecule has 0 aliphatic rings. The molecule has 0 bridgehead atoms. The van der Waals surface area contributed by atoms with Gasteiger partial charge in [-0.25, -0.2) is 15.0 Å². The molecule has 2 aromatic carbocycles. The highest BCUT2D eigenvalue weighted by Crippen LogP contribution is 2.16. The maximum absolute atomic E-state index is 13.0. The van der Waals surface area contributed by atoms with Crippen molar-refractivity contribution < 1.29 is 0 Å². The summed E-state index contributed by atoms with van der Waals surface area (Å²) >= 11 is 1.59. The van der Waals surface area contributed by atoms with E-state index in [0.717, 1.165) is 10.6 Å². The van der Waals surface area contributed by atoms with Gasteiger partial charge in [0.25, 0.3) is 5.56 Å². The lowest BCUT2D eigenvalue weighted by atomic mass is 10.2. The monoisotopic (exact) mass is 346 g/mol. The highest BCUT2D eigenvalue weighted by molar-refractivity contribution is 7.11. The number of nitrogens with zero attached hydrogens (tertiary/aromatic N) is 3. The van der Waals surface area contributed by atoms with Crippen molar-refractivity contribution in [3.63, 3.8) is 0 Å². The maximum Gasteiger partial charge on any atom is 0.267 e. The average Bonchev–Trinajstić information content (AvgIpc) is 3.16. The van der Waals surface area contributed by atoms with Crippen LogP contribution in [0.15, 0.2) is 82.0 Å². The summed E-state index contributed by atoms with van der Waals surface area (Å²) in [4.78, 5) is 18.6. The normalized spacial score (nSPS) is 11.2. The van der Waals surface area contributed by atoms with Gasteiger partial charge in [0.15, 0.2) is 0 Å². The predicted octanol–water partition coefficient (Wildman–Crippen LogP) is 3.89. The van der Waals surface area contributed by atoms with E-state index < -0.39 is 0 Å². The Morgan fingerprint density at radius 2 is 1.80 bits per heavy atom. The fraction of sp³-hybridized carbons (Fsp3) is 0. The molecule has 0 atom stereocenters. The second kappa shape index (κ2) is 6.70. The summed E-state index contributed by atoms with van der Waals surface area (Å²) in [6.07, 6.45) is 1.71. The Morgan fingerprint density at radius 3 is 2.60 bits per heavy atom. The standard InChI is InChI=1S/C19H14N4OS/c24-18-16-10-4-5-11-17(16)21-19(22-20-13-15-9-6-12-25-15)23(18)14-7-2-1-3-8-14/h1-13H,(H,21,22)/b20-13+. The first kappa shape index (κ1) is 15.3. The largest absolute Gasteiger partial charge is 0.268 e. The van der Waals surface area contributed by atoms with Gasteiger partial charge in [0.2, 0.25) is 5.95 Å². The lowest BCUT2D eigenvalue weighted by Crippen LogP contribution is -2.22. The third-order valence-corrected chi connectivity index (χ3v) is 4.50. The molecule has 0 unspecified atom stereocenters. The number of hydrazone groups is 1. The number of rotatable bonds is 4. The first-order valence-corrected chi connectivity index (χ1v) is 8.61. The highest BCUT2D eigenvalue weighted by Gasteiger charge is 2.11. The van der Waals surface area contributed by atoms with Gasteiger partial charge in [-0.3, -0.25) is 4.79 Å². The number of nitrogens with one attached hydrogen (secondary N) is 1. The molecule has 0 radical (unpaired) electrons. The van der Waals surface area contributed by atoms with E-state index in [1.165, 1.54) is 4.57 Å². The zero-order valence-corrected chi connectivity index (χ0v) is 14.0. The summed E-state index contributed by atoms with van der Waals surface area (Å²) in [6.45, 7) is 0. The Balaban J connectivity index is 1.85. The molecule has 0 saturated carbocycles. The molecule has 4 rings (SSSR count). The van der Waals surface area contributed by atoms with Crippen LogP contribution in [0.2, 0.25) is 0 Å². The molecule has 2 aromatic heterocycles. The predicted molar refractivity (Wildman–Crippen MR) is 103 cm³/mol. The lowest BCUT2D eigenvalue weighted by molar-refractivity contribution is 0.957. The quantitative estimate of drug-likeness (QED) is 0.450. The molecular formula is C19H14N4OS. The highest BCUT2D eigenvalue weighted by atomic mass is 32.1. The van der Waals surface area contributed by atoms with Crippen molar-refractivity contribution in [1.82, 2.24) is 9.55 Å². The van der Waals surface area contributed by atoms with Crippen molar-refractivity contribution in [1.29, 1.82) is 0 Å². The number of hydrogen-bond donors (Lipinski definition) is 1. The molecule has 2 heterocycles. The molecule has 0 fully saturated rings. The van der Waals surface area contributed by atoms with Gasteiger partial charge in [0, 0.05) is 4.88 Å². The Morgan fingerprint density at radius 1 is 1.00 bits per heavy atom. The van der Waals surface area contributed by atoms with E-state index in [4.69, 9.17) is 0 Å². The number of anilines is 1. The molecule has 0 saturated heterocycles. The lowest BCUT2D eigenvalue weighted by Gasteiger charge is -2.12. The summed E-state index contributed by atoms with van der Waals surface area (Å²) < 4.78 is 1.54. The first-order valence-electron chi connectivity index (χ1n) is 7.73. The number of hydrogen-bond acceptors (Lipinski definition) is 5. The van der Waals surface area contributed by atoms with Crippen molar-refractivity contribution in [2.75, 3.05) is 5.43 Å². The van der Waals surface area contributed by atoms with E-state index in [9.17, 15) is 4.79 Å². The molecule has 0 aliphatic heterocycles. The van der Waals surface area contributed by atoms with E-state index in [1.54, 1.807) is 23.6 Å². The summed E-state index contributed by atoms with van der Waals surface area (Å²) in [5.41, 5.74) is 4.15. The fourth-order valence-electron chi connectivity index (χ4n) is 2.54. The van der Waals surface area contributed by atoms with Crippen LogP contribution in [0.3, 0.4) is 0 Å². The molecule has 6 heteroatoms. The number of thiophene rings is 1. The van der Waals surface area contributed by atoms with Gasteiger partial charge in [-0.05, 0) is 35.7 Å². The molecule has 5 nitrogen and oxygen atoms in total. The average molecular weight is 346 g/mol. The van der Waals surface area contributed by atoms with Gasteiger partial charge >= 0.3 is 0 Å². The summed E-state index contributed by atoms with van der Waals surface area (Å²) in [5.74, 6) is 0.378. The van der Waals surface area contributed by atoms with Crippen LogP contribution in [0, 0.1) is 0 Å². The molecule has 1 N–H and O–H groups in total. The second-order valence-electron chi connectivity index (χ2n) is 5.31. The van der Waals surface area contributed by atoms with Crippen molar-refractivity contribution in [3.05, 3.63) is 87.3 Å². The van der Waals surface area contributed by atoms with Crippen LogP contribution < -0.4 is 11.0 Å². The van der Waals surface area contributed by atoms with Gasteiger partial charge in [0.1, 0.15) is 0 Å². The molecule has 4 aromatic rings. The van der Waals surface area contributed by atoms with Crippen LogP contribution in [0.5, 0.6) is 0 Å². The molecule has 0 spiro atoms. The van der Waals surface area contributed by atoms with Crippen molar-refractivity contribution in [3.8, 4) is 5.69 Å². The molecule has 25 heavy (non-hydrogen) atoms. The van der Waals surface area contributed by atoms with E-state index >= 15 is 0 Å². The summed E-state index contributed by atoms with van der Waals surface area (Å²) in [6, 6.07) is 20.6. The van der Waals surface area contributed by atoms with Gasteiger partial charge in [0.05, 0.1) is 22.8 Å². The maximum atomic E-state index is 13.0. The van der Waals surface area contributed by atoms with Gasteiger partial charge in [-0.15, -0.1) is 11.3 Å². The Labute approximate surface area is 147 Å². The van der Waals surface area contributed by atoms with E-state index in [-0.39, 0.29) is 5.56 Å². The Kier molecular flexibility index (Phi) is 4.10. The SMILES string of the molecule is O=c1c2ccccc2nc(N/N=C/c2cccs2)n1-c1ccccc1. The fourth-order valence-corrected chi connectivity index (χ4v) is 3.13. The Bertz CT molecular complexity index is 1090. The molecule has 0 amide bonds. The second-order valence-corrected chi connectivity index (χ2v) is 6.29. The minimum Gasteiger partial charge on any atom is -0.268 e. The third-order valence-electron chi connectivity index (χ3n) is 3.69. The number of fused-ring (bicyclic) bond motifs is 1. The number of para-hydroxylation sites is 2. The molecular weight excluding hydrogens is 332 g/mol. The smallest absolute Gasteiger partial charge is 0.267 e.